The monoisotopic (exact) mass is 537 g/mol. The van der Waals surface area contributed by atoms with E-state index < -0.39 is 5.82 Å². The Morgan fingerprint density at radius 2 is 1.97 bits per heavy atom. The van der Waals surface area contributed by atoms with E-state index in [-0.39, 0.29) is 63.6 Å². The maximum absolute atomic E-state index is 14.8. The molecule has 196 valence electrons. The fourth-order valence-electron chi connectivity index (χ4n) is 5.58. The van der Waals surface area contributed by atoms with Crippen LogP contribution in [0.2, 0.25) is 5.02 Å². The van der Waals surface area contributed by atoms with Crippen molar-refractivity contribution in [2.75, 3.05) is 36.5 Å². The first-order chi connectivity index (χ1) is 18.2. The first-order valence-electron chi connectivity index (χ1n) is 12.4. The summed E-state index contributed by atoms with van der Waals surface area (Å²) in [6, 6.07) is 5.07. The molecule has 0 spiro atoms. The lowest BCUT2D eigenvalue weighted by Gasteiger charge is -2.42. The molecular weight excluding hydrogens is 513 g/mol. The van der Waals surface area contributed by atoms with E-state index >= 15 is 0 Å². The lowest BCUT2D eigenvalue weighted by Crippen LogP contribution is -2.55. The zero-order valence-electron chi connectivity index (χ0n) is 20.7. The molecule has 1 aromatic carbocycles. The van der Waals surface area contributed by atoms with E-state index in [1.807, 2.05) is 4.90 Å². The van der Waals surface area contributed by atoms with Gasteiger partial charge in [0.15, 0.2) is 0 Å². The Hall–Kier alpha value is -3.92. The molecule has 38 heavy (non-hydrogen) atoms. The van der Waals surface area contributed by atoms with Gasteiger partial charge in [-0.15, -0.1) is 0 Å². The molecule has 11 heteroatoms. The van der Waals surface area contributed by atoms with Gasteiger partial charge < -0.3 is 19.8 Å². The fraction of sp³-hybridized carbons (Fsp3) is 0.333. The van der Waals surface area contributed by atoms with Gasteiger partial charge in [0.2, 0.25) is 11.8 Å². The number of pyridine rings is 2. The summed E-state index contributed by atoms with van der Waals surface area (Å²) in [5.41, 5.74) is 0.578. The molecule has 1 N–H and O–H groups in total. The summed E-state index contributed by atoms with van der Waals surface area (Å²) in [6.45, 7) is 4.63. The van der Waals surface area contributed by atoms with Gasteiger partial charge in [-0.25, -0.2) is 9.37 Å². The van der Waals surface area contributed by atoms with Gasteiger partial charge in [0, 0.05) is 44.5 Å². The number of amides is 2. The SMILES string of the molecule is C=CC(=O)N1CCN2c3c(c(=O)n(C4CC4)c4nc(-c5c(O)cccc5F)c(Cl)cc34)N(C)C(=O)C[C@H]2C1. The van der Waals surface area contributed by atoms with Crippen LogP contribution in [0.4, 0.5) is 15.8 Å². The molecule has 6 rings (SSSR count). The number of halogens is 2. The third-order valence-electron chi connectivity index (χ3n) is 7.60. The van der Waals surface area contributed by atoms with Gasteiger partial charge >= 0.3 is 0 Å². The van der Waals surface area contributed by atoms with E-state index in [2.05, 4.69) is 11.6 Å². The highest BCUT2D eigenvalue weighted by molar-refractivity contribution is 6.34. The van der Waals surface area contributed by atoms with E-state index in [1.54, 1.807) is 22.6 Å². The van der Waals surface area contributed by atoms with Crippen LogP contribution in [0.15, 0.2) is 41.7 Å². The number of carbonyl (C=O) groups is 2. The number of benzene rings is 1. The first-order valence-corrected chi connectivity index (χ1v) is 12.8. The predicted molar refractivity (Wildman–Crippen MR) is 142 cm³/mol. The Kier molecular flexibility index (Phi) is 5.68. The molecule has 1 saturated carbocycles. The van der Waals surface area contributed by atoms with Crippen molar-refractivity contribution in [1.82, 2.24) is 14.5 Å². The molecule has 4 heterocycles. The molecule has 0 bridgehead atoms. The molecule has 3 aliphatic rings. The number of piperazine rings is 1. The minimum atomic E-state index is -0.692. The molecule has 9 nitrogen and oxygen atoms in total. The second-order valence-electron chi connectivity index (χ2n) is 9.92. The van der Waals surface area contributed by atoms with Gasteiger partial charge in [-0.1, -0.05) is 24.2 Å². The largest absolute Gasteiger partial charge is 0.507 e. The minimum Gasteiger partial charge on any atom is -0.507 e. The molecule has 0 radical (unpaired) electrons. The third kappa shape index (κ3) is 3.65. The number of phenols is 1. The highest BCUT2D eigenvalue weighted by Crippen LogP contribution is 2.45. The van der Waals surface area contributed by atoms with Gasteiger partial charge in [-0.3, -0.25) is 19.0 Å². The summed E-state index contributed by atoms with van der Waals surface area (Å²) >= 11 is 6.69. The maximum Gasteiger partial charge on any atom is 0.278 e. The topological polar surface area (TPSA) is 99.0 Å². The number of rotatable bonds is 3. The zero-order valence-corrected chi connectivity index (χ0v) is 21.4. The van der Waals surface area contributed by atoms with Crippen LogP contribution in [0.3, 0.4) is 0 Å². The second-order valence-corrected chi connectivity index (χ2v) is 10.3. The normalized spacial score (nSPS) is 19.3. The van der Waals surface area contributed by atoms with Crippen molar-refractivity contribution in [2.24, 2.45) is 0 Å². The van der Waals surface area contributed by atoms with Crippen molar-refractivity contribution < 1.29 is 19.1 Å². The smallest absolute Gasteiger partial charge is 0.278 e. The Morgan fingerprint density at radius 3 is 2.66 bits per heavy atom. The van der Waals surface area contributed by atoms with Gasteiger partial charge in [0.05, 0.1) is 28.0 Å². The van der Waals surface area contributed by atoms with Crippen molar-refractivity contribution in [3.8, 4) is 17.0 Å². The van der Waals surface area contributed by atoms with E-state index in [0.717, 1.165) is 12.8 Å². The van der Waals surface area contributed by atoms with Crippen molar-refractivity contribution >= 4 is 45.8 Å². The van der Waals surface area contributed by atoms with Gasteiger partial charge in [-0.2, -0.15) is 0 Å². The van der Waals surface area contributed by atoms with Crippen LogP contribution in [0.25, 0.3) is 22.3 Å². The van der Waals surface area contributed by atoms with E-state index in [9.17, 15) is 23.9 Å². The minimum absolute atomic E-state index is 0.0273. The quantitative estimate of drug-likeness (QED) is 0.514. The number of hydrogen-bond donors (Lipinski definition) is 1. The highest BCUT2D eigenvalue weighted by atomic mass is 35.5. The Morgan fingerprint density at radius 1 is 1.21 bits per heavy atom. The van der Waals surface area contributed by atoms with Crippen LogP contribution in [0.5, 0.6) is 5.75 Å². The summed E-state index contributed by atoms with van der Waals surface area (Å²) in [6.07, 6.45) is 2.89. The number of nitrogens with zero attached hydrogens (tertiary/aromatic N) is 5. The Labute approximate surface area is 222 Å². The summed E-state index contributed by atoms with van der Waals surface area (Å²) < 4.78 is 16.4. The van der Waals surface area contributed by atoms with Crippen molar-refractivity contribution in [3.63, 3.8) is 0 Å². The maximum atomic E-state index is 14.8. The number of anilines is 2. The standard InChI is InChI=1S/C27H25ClFN5O4/c1-3-20(36)32-9-10-33-15(13-32)11-21(37)31(2)25-24(33)16-12-17(28)23(22-18(29)5-4-6-19(22)35)30-26(16)34(27(25)38)14-7-8-14/h3-6,12,14-15,35H,1,7-11,13H2,2H3/t15-/m0/s1. The van der Waals surface area contributed by atoms with E-state index in [1.165, 1.54) is 29.2 Å². The highest BCUT2D eigenvalue weighted by Gasteiger charge is 2.41. The Bertz CT molecular complexity index is 1580. The molecule has 0 unspecified atom stereocenters. The molecule has 3 aromatic rings. The molecule has 2 fully saturated rings. The van der Waals surface area contributed by atoms with Crippen LogP contribution in [-0.2, 0) is 9.59 Å². The zero-order chi connectivity index (χ0) is 26.9. The van der Waals surface area contributed by atoms with Crippen LogP contribution >= 0.6 is 11.6 Å². The summed E-state index contributed by atoms with van der Waals surface area (Å²) in [4.78, 5) is 49.4. The third-order valence-corrected chi connectivity index (χ3v) is 7.89. The number of phenolic OH excluding ortho intramolecular Hbond substituents is 1. The molecule has 1 atom stereocenters. The Balaban J connectivity index is 1.64. The summed E-state index contributed by atoms with van der Waals surface area (Å²) in [5.74, 6) is -1.47. The average molecular weight is 538 g/mol. The number of aromatic nitrogens is 2. The van der Waals surface area contributed by atoms with Gasteiger partial charge in [-0.05, 0) is 37.1 Å². The van der Waals surface area contributed by atoms with E-state index in [0.29, 0.717) is 36.4 Å². The molecule has 2 amide bonds. The number of carbonyl (C=O) groups excluding carboxylic acids is 2. The number of hydrogen-bond acceptors (Lipinski definition) is 6. The van der Waals surface area contributed by atoms with Gasteiger partial charge in [0.1, 0.15) is 22.9 Å². The molecular formula is C27H25ClFN5O4. The van der Waals surface area contributed by atoms with E-state index in [4.69, 9.17) is 11.6 Å². The summed E-state index contributed by atoms with van der Waals surface area (Å²) in [5, 5.41) is 11.1. The number of aromatic hydroxyl groups is 1. The first kappa shape index (κ1) is 24.4. The molecule has 1 aliphatic carbocycles. The van der Waals surface area contributed by atoms with Crippen LogP contribution < -0.4 is 15.4 Å². The fourth-order valence-corrected chi connectivity index (χ4v) is 5.83. The summed E-state index contributed by atoms with van der Waals surface area (Å²) in [7, 11) is 1.58. The second kappa shape index (κ2) is 8.83. The lowest BCUT2D eigenvalue weighted by molar-refractivity contribution is -0.127. The average Bonchev–Trinajstić information content (AvgIpc) is 3.73. The lowest BCUT2D eigenvalue weighted by atomic mass is 10.0. The van der Waals surface area contributed by atoms with Crippen molar-refractivity contribution in [2.45, 2.75) is 31.3 Å². The number of fused-ring (bicyclic) bond motifs is 5. The predicted octanol–water partition coefficient (Wildman–Crippen LogP) is 3.47. The molecule has 2 aliphatic heterocycles. The van der Waals surface area contributed by atoms with Crippen LogP contribution in [0, 0.1) is 5.82 Å². The molecule has 2 aromatic heterocycles. The van der Waals surface area contributed by atoms with Crippen LogP contribution in [-0.4, -0.2) is 64.1 Å². The molecule has 1 saturated heterocycles. The van der Waals surface area contributed by atoms with Crippen LogP contribution in [0.1, 0.15) is 25.3 Å². The van der Waals surface area contributed by atoms with Gasteiger partial charge in [0.25, 0.3) is 5.56 Å². The van der Waals surface area contributed by atoms with Crippen molar-refractivity contribution in [3.05, 3.63) is 58.1 Å². The van der Waals surface area contributed by atoms with Crippen molar-refractivity contribution in [1.29, 1.82) is 0 Å².